The summed E-state index contributed by atoms with van der Waals surface area (Å²) in [5, 5.41) is 4.13. The standard InChI is InChI=1S/C30H19FN2O/c31-21-14-15-23-24-11-6-12-25(29(24)34-27(23)17-21)30-32-28-22-10-5-4-9-20(22)13-16-26(28)33(30)18-19-7-2-1-3-8-19/h1-17H,18H2. The SMILES string of the molecule is Fc1ccc2c(c1)oc1c(-c3nc4c5ccccc5ccc4n3Cc3ccccc3)cccc12. The molecule has 0 fully saturated rings. The minimum Gasteiger partial charge on any atom is -0.455 e. The van der Waals surface area contributed by atoms with Crippen LogP contribution in [0.25, 0.3) is 55.1 Å². The lowest BCUT2D eigenvalue weighted by atomic mass is 10.1. The second kappa shape index (κ2) is 7.29. The van der Waals surface area contributed by atoms with Crippen molar-refractivity contribution in [1.29, 1.82) is 0 Å². The number of rotatable bonds is 3. The zero-order valence-corrected chi connectivity index (χ0v) is 18.2. The highest BCUT2D eigenvalue weighted by atomic mass is 19.1. The molecule has 0 aliphatic heterocycles. The van der Waals surface area contributed by atoms with Crippen molar-refractivity contribution in [2.24, 2.45) is 0 Å². The molecule has 5 aromatic carbocycles. The monoisotopic (exact) mass is 442 g/mol. The molecule has 7 aromatic rings. The fraction of sp³-hybridized carbons (Fsp3) is 0.0333. The van der Waals surface area contributed by atoms with Crippen LogP contribution in [-0.2, 0) is 6.54 Å². The van der Waals surface area contributed by atoms with Crippen LogP contribution in [0.15, 0.2) is 108 Å². The third-order valence-electron chi connectivity index (χ3n) is 6.53. The summed E-state index contributed by atoms with van der Waals surface area (Å²) in [5.41, 5.74) is 5.37. The molecule has 0 saturated heterocycles. The molecule has 34 heavy (non-hydrogen) atoms. The number of hydrogen-bond acceptors (Lipinski definition) is 2. The molecule has 2 aromatic heterocycles. The zero-order chi connectivity index (χ0) is 22.6. The summed E-state index contributed by atoms with van der Waals surface area (Å²) < 4.78 is 22.4. The Morgan fingerprint density at radius 2 is 1.56 bits per heavy atom. The molecule has 0 amide bonds. The van der Waals surface area contributed by atoms with E-state index in [-0.39, 0.29) is 5.82 Å². The lowest BCUT2D eigenvalue weighted by Crippen LogP contribution is -2.02. The fourth-order valence-electron chi connectivity index (χ4n) is 4.94. The van der Waals surface area contributed by atoms with E-state index < -0.39 is 0 Å². The van der Waals surface area contributed by atoms with Crippen LogP contribution in [0.2, 0.25) is 0 Å². The summed E-state index contributed by atoms with van der Waals surface area (Å²) in [6.07, 6.45) is 0. The van der Waals surface area contributed by atoms with Gasteiger partial charge < -0.3 is 8.98 Å². The first kappa shape index (κ1) is 19.1. The Balaban J connectivity index is 1.56. The molecule has 4 heteroatoms. The summed E-state index contributed by atoms with van der Waals surface area (Å²) >= 11 is 0. The Bertz CT molecular complexity index is 1850. The Morgan fingerprint density at radius 1 is 0.735 bits per heavy atom. The molecule has 0 radical (unpaired) electrons. The van der Waals surface area contributed by atoms with Gasteiger partial charge in [0.15, 0.2) is 0 Å². The van der Waals surface area contributed by atoms with Crippen molar-refractivity contribution >= 4 is 43.7 Å². The van der Waals surface area contributed by atoms with Gasteiger partial charge in [0.1, 0.15) is 22.8 Å². The average molecular weight is 442 g/mol. The van der Waals surface area contributed by atoms with Crippen LogP contribution in [-0.4, -0.2) is 9.55 Å². The highest BCUT2D eigenvalue weighted by molar-refractivity contribution is 6.10. The molecule has 0 aliphatic rings. The number of para-hydroxylation sites is 1. The second-order valence-corrected chi connectivity index (χ2v) is 8.59. The number of hydrogen-bond donors (Lipinski definition) is 0. The Labute approximate surface area is 194 Å². The first-order valence-electron chi connectivity index (χ1n) is 11.3. The smallest absolute Gasteiger partial charge is 0.146 e. The molecule has 3 nitrogen and oxygen atoms in total. The van der Waals surface area contributed by atoms with Gasteiger partial charge in [0, 0.05) is 28.8 Å². The highest BCUT2D eigenvalue weighted by Gasteiger charge is 2.20. The summed E-state index contributed by atoms with van der Waals surface area (Å²) in [6, 6.07) is 33.8. The van der Waals surface area contributed by atoms with Crippen molar-refractivity contribution < 1.29 is 8.81 Å². The molecule has 0 aliphatic carbocycles. The van der Waals surface area contributed by atoms with Gasteiger partial charge in [-0.1, -0.05) is 72.8 Å². The van der Waals surface area contributed by atoms with E-state index in [1.54, 1.807) is 6.07 Å². The van der Waals surface area contributed by atoms with Crippen molar-refractivity contribution in [2.75, 3.05) is 0 Å². The summed E-state index contributed by atoms with van der Waals surface area (Å²) in [6.45, 7) is 0.677. The van der Waals surface area contributed by atoms with Crippen LogP contribution in [0, 0.1) is 5.82 Å². The predicted molar refractivity (Wildman–Crippen MR) is 135 cm³/mol. The number of nitrogens with zero attached hydrogens (tertiary/aromatic N) is 2. The molecule has 0 saturated carbocycles. The second-order valence-electron chi connectivity index (χ2n) is 8.59. The van der Waals surface area contributed by atoms with Crippen LogP contribution in [0.3, 0.4) is 0 Å². The largest absolute Gasteiger partial charge is 0.455 e. The molecule has 0 N–H and O–H groups in total. The Kier molecular flexibility index (Phi) is 4.09. The predicted octanol–water partition coefficient (Wildman–Crippen LogP) is 7.94. The van der Waals surface area contributed by atoms with Gasteiger partial charge in [-0.2, -0.15) is 0 Å². The normalized spacial score (nSPS) is 11.8. The van der Waals surface area contributed by atoms with Gasteiger partial charge in [0.25, 0.3) is 0 Å². The van der Waals surface area contributed by atoms with Gasteiger partial charge >= 0.3 is 0 Å². The Morgan fingerprint density at radius 3 is 2.47 bits per heavy atom. The van der Waals surface area contributed by atoms with Gasteiger partial charge in [0.05, 0.1) is 16.6 Å². The number of fused-ring (bicyclic) bond motifs is 6. The van der Waals surface area contributed by atoms with Crippen molar-refractivity contribution in [1.82, 2.24) is 9.55 Å². The first-order chi connectivity index (χ1) is 16.8. The van der Waals surface area contributed by atoms with Crippen molar-refractivity contribution in [2.45, 2.75) is 6.54 Å². The number of furan rings is 1. The molecule has 2 heterocycles. The topological polar surface area (TPSA) is 31.0 Å². The van der Waals surface area contributed by atoms with Crippen LogP contribution in [0.4, 0.5) is 4.39 Å². The summed E-state index contributed by atoms with van der Waals surface area (Å²) in [7, 11) is 0. The molecule has 0 spiro atoms. The van der Waals surface area contributed by atoms with E-state index in [9.17, 15) is 4.39 Å². The van der Waals surface area contributed by atoms with Crippen LogP contribution in [0.5, 0.6) is 0 Å². The molecular weight excluding hydrogens is 423 g/mol. The minimum atomic E-state index is -0.309. The highest BCUT2D eigenvalue weighted by Crippen LogP contribution is 2.38. The minimum absolute atomic E-state index is 0.309. The third kappa shape index (κ3) is 2.85. The number of benzene rings is 5. The zero-order valence-electron chi connectivity index (χ0n) is 18.2. The van der Waals surface area contributed by atoms with E-state index in [4.69, 9.17) is 9.40 Å². The maximum atomic E-state index is 13.9. The van der Waals surface area contributed by atoms with Crippen molar-refractivity contribution in [3.05, 3.63) is 115 Å². The number of imidazole rings is 1. The van der Waals surface area contributed by atoms with Crippen LogP contribution >= 0.6 is 0 Å². The maximum Gasteiger partial charge on any atom is 0.146 e. The lowest BCUT2D eigenvalue weighted by Gasteiger charge is -2.10. The quantitative estimate of drug-likeness (QED) is 0.278. The Hall–Kier alpha value is -4.44. The van der Waals surface area contributed by atoms with E-state index in [1.165, 1.54) is 17.7 Å². The molecular formula is C30H19FN2O. The van der Waals surface area contributed by atoms with E-state index in [0.717, 1.165) is 49.5 Å². The molecule has 0 atom stereocenters. The van der Waals surface area contributed by atoms with Crippen LogP contribution < -0.4 is 0 Å². The van der Waals surface area contributed by atoms with Gasteiger partial charge in [-0.25, -0.2) is 9.37 Å². The fourth-order valence-corrected chi connectivity index (χ4v) is 4.94. The average Bonchev–Trinajstić information content (AvgIpc) is 3.42. The van der Waals surface area contributed by atoms with E-state index >= 15 is 0 Å². The van der Waals surface area contributed by atoms with Crippen LogP contribution in [0.1, 0.15) is 5.56 Å². The molecule has 7 rings (SSSR count). The van der Waals surface area contributed by atoms with E-state index in [1.807, 2.05) is 36.4 Å². The van der Waals surface area contributed by atoms with E-state index in [2.05, 4.69) is 53.1 Å². The maximum absolute atomic E-state index is 13.9. The van der Waals surface area contributed by atoms with Gasteiger partial charge in [0.2, 0.25) is 0 Å². The van der Waals surface area contributed by atoms with Gasteiger partial charge in [-0.05, 0) is 35.2 Å². The third-order valence-corrected chi connectivity index (χ3v) is 6.53. The lowest BCUT2D eigenvalue weighted by molar-refractivity contribution is 0.618. The number of halogens is 1. The van der Waals surface area contributed by atoms with Gasteiger partial charge in [-0.15, -0.1) is 0 Å². The first-order valence-corrected chi connectivity index (χ1v) is 11.3. The summed E-state index contributed by atoms with van der Waals surface area (Å²) in [5.74, 6) is 0.524. The molecule has 162 valence electrons. The van der Waals surface area contributed by atoms with Crippen molar-refractivity contribution in [3.8, 4) is 11.4 Å². The van der Waals surface area contributed by atoms with Gasteiger partial charge in [-0.3, -0.25) is 0 Å². The van der Waals surface area contributed by atoms with E-state index in [0.29, 0.717) is 12.1 Å². The molecule has 0 unspecified atom stereocenters. The number of aromatic nitrogens is 2. The van der Waals surface area contributed by atoms with Crippen molar-refractivity contribution in [3.63, 3.8) is 0 Å². The molecule has 0 bridgehead atoms. The summed E-state index contributed by atoms with van der Waals surface area (Å²) in [4.78, 5) is 5.17.